The lowest BCUT2D eigenvalue weighted by molar-refractivity contribution is 0.0880. The second-order valence-corrected chi connectivity index (χ2v) is 7.23. The number of phenolic OH excluding ortho intramolecular Hbond substituents is 1. The summed E-state index contributed by atoms with van der Waals surface area (Å²) >= 11 is 6.41. The van der Waals surface area contributed by atoms with E-state index in [-0.39, 0.29) is 23.4 Å². The molecule has 2 amide bonds. The highest BCUT2D eigenvalue weighted by atomic mass is 35.5. The Balaban J connectivity index is 2.04. The molecule has 2 heterocycles. The number of benzene rings is 3. The zero-order valence-electron chi connectivity index (χ0n) is 15.0. The molecular weight excluding hydrogens is 388 g/mol. The Morgan fingerprint density at radius 1 is 1.00 bits per heavy atom. The lowest BCUT2D eigenvalue weighted by atomic mass is 9.93. The molecule has 0 aliphatic carbocycles. The number of nitrogens with one attached hydrogen (secondary N) is 1. The Labute approximate surface area is 170 Å². The van der Waals surface area contributed by atoms with E-state index in [1.54, 1.807) is 36.4 Å². The van der Waals surface area contributed by atoms with Crippen LogP contribution in [-0.4, -0.2) is 21.5 Å². The van der Waals surface area contributed by atoms with E-state index in [0.29, 0.717) is 32.4 Å². The first-order valence-corrected chi connectivity index (χ1v) is 9.25. The van der Waals surface area contributed by atoms with E-state index in [0.717, 1.165) is 5.52 Å². The van der Waals surface area contributed by atoms with Crippen LogP contribution in [0.3, 0.4) is 0 Å². The number of hydrogen-bond acceptors (Lipinski definition) is 3. The van der Waals surface area contributed by atoms with Crippen LogP contribution in [0.2, 0.25) is 5.02 Å². The van der Waals surface area contributed by atoms with E-state index < -0.39 is 11.8 Å². The first-order valence-electron chi connectivity index (χ1n) is 8.87. The van der Waals surface area contributed by atoms with E-state index >= 15 is 0 Å². The maximum absolute atomic E-state index is 12.8. The molecule has 140 valence electrons. The summed E-state index contributed by atoms with van der Waals surface area (Å²) in [5.41, 5.74) is 3.22. The molecule has 1 aromatic heterocycles. The predicted octanol–water partition coefficient (Wildman–Crippen LogP) is 4.34. The van der Waals surface area contributed by atoms with Gasteiger partial charge in [0.1, 0.15) is 5.75 Å². The van der Waals surface area contributed by atoms with Crippen molar-refractivity contribution in [2.45, 2.75) is 6.54 Å². The van der Waals surface area contributed by atoms with Gasteiger partial charge in [-0.15, -0.1) is 6.42 Å². The fraction of sp³-hybridized carbons (Fsp3) is 0.0435. The molecule has 5 nitrogen and oxygen atoms in total. The maximum atomic E-state index is 12.8. The van der Waals surface area contributed by atoms with Crippen molar-refractivity contribution >= 4 is 45.2 Å². The van der Waals surface area contributed by atoms with Gasteiger partial charge in [-0.1, -0.05) is 35.7 Å². The number of imide groups is 1. The third-order valence-corrected chi connectivity index (χ3v) is 5.56. The standard InChI is InChI=1S/C23H13ClN2O3/c1-2-9-26-17-8-7-12(27)10-15(17)19-18(26)11-14(13-5-3-4-6-16(13)24)20-21(19)23(29)25-22(20)28/h1,3-8,10-11,27H,9H2,(H,25,28,29). The molecule has 4 aromatic rings. The molecule has 0 unspecified atom stereocenters. The molecule has 5 rings (SSSR count). The highest BCUT2D eigenvalue weighted by molar-refractivity contribution is 6.36. The summed E-state index contributed by atoms with van der Waals surface area (Å²) in [4.78, 5) is 25.5. The Morgan fingerprint density at radius 3 is 2.52 bits per heavy atom. The molecule has 0 spiro atoms. The first kappa shape index (κ1) is 17.4. The van der Waals surface area contributed by atoms with E-state index in [9.17, 15) is 14.7 Å². The van der Waals surface area contributed by atoms with Crippen LogP contribution in [0.1, 0.15) is 20.7 Å². The summed E-state index contributed by atoms with van der Waals surface area (Å²) in [5.74, 6) is 1.74. The van der Waals surface area contributed by atoms with Crippen molar-refractivity contribution in [1.82, 2.24) is 9.88 Å². The van der Waals surface area contributed by atoms with Gasteiger partial charge in [0, 0.05) is 21.4 Å². The zero-order valence-corrected chi connectivity index (χ0v) is 15.7. The number of amides is 2. The molecule has 0 bridgehead atoms. The predicted molar refractivity (Wildman–Crippen MR) is 112 cm³/mol. The average Bonchev–Trinajstić information content (AvgIpc) is 3.16. The van der Waals surface area contributed by atoms with Gasteiger partial charge in [0.05, 0.1) is 28.7 Å². The number of aromatic hydroxyl groups is 1. The summed E-state index contributed by atoms with van der Waals surface area (Å²) in [5, 5.41) is 14.1. The van der Waals surface area contributed by atoms with Gasteiger partial charge in [-0.05, 0) is 35.9 Å². The maximum Gasteiger partial charge on any atom is 0.259 e. The molecule has 3 aromatic carbocycles. The molecule has 0 atom stereocenters. The summed E-state index contributed by atoms with van der Waals surface area (Å²) in [6, 6.07) is 13.9. The van der Waals surface area contributed by atoms with E-state index in [1.165, 1.54) is 0 Å². The number of fused-ring (bicyclic) bond motifs is 5. The third kappa shape index (κ3) is 2.36. The van der Waals surface area contributed by atoms with Crippen molar-refractivity contribution in [2.24, 2.45) is 0 Å². The van der Waals surface area contributed by atoms with Crippen LogP contribution in [0.25, 0.3) is 32.9 Å². The second kappa shape index (κ2) is 6.13. The van der Waals surface area contributed by atoms with Crippen molar-refractivity contribution in [3.63, 3.8) is 0 Å². The van der Waals surface area contributed by atoms with Crippen LogP contribution < -0.4 is 5.32 Å². The van der Waals surface area contributed by atoms with Gasteiger partial charge in [0.25, 0.3) is 11.8 Å². The number of phenols is 1. The lowest BCUT2D eigenvalue weighted by Gasteiger charge is -2.11. The summed E-state index contributed by atoms with van der Waals surface area (Å²) in [6.07, 6.45) is 5.59. The van der Waals surface area contributed by atoms with Crippen LogP contribution in [-0.2, 0) is 6.54 Å². The Hall–Kier alpha value is -3.75. The fourth-order valence-electron chi connectivity index (χ4n) is 4.09. The number of rotatable bonds is 2. The van der Waals surface area contributed by atoms with E-state index in [1.807, 2.05) is 16.7 Å². The number of carbonyl (C=O) groups excluding carboxylic acids is 2. The van der Waals surface area contributed by atoms with Crippen LogP contribution in [0, 0.1) is 12.3 Å². The quantitative estimate of drug-likeness (QED) is 0.388. The van der Waals surface area contributed by atoms with Crippen LogP contribution in [0.5, 0.6) is 5.75 Å². The number of terminal acetylenes is 1. The van der Waals surface area contributed by atoms with Gasteiger partial charge in [-0.3, -0.25) is 14.9 Å². The summed E-state index contributed by atoms with van der Waals surface area (Å²) < 4.78 is 1.89. The lowest BCUT2D eigenvalue weighted by Crippen LogP contribution is -2.20. The zero-order chi connectivity index (χ0) is 20.3. The van der Waals surface area contributed by atoms with Gasteiger partial charge in [0.2, 0.25) is 0 Å². The molecule has 0 saturated carbocycles. The number of nitrogens with zero attached hydrogens (tertiary/aromatic N) is 1. The minimum Gasteiger partial charge on any atom is -0.508 e. The average molecular weight is 401 g/mol. The third-order valence-electron chi connectivity index (χ3n) is 5.23. The van der Waals surface area contributed by atoms with Crippen molar-refractivity contribution in [3.8, 4) is 29.2 Å². The second-order valence-electron chi connectivity index (χ2n) is 6.82. The summed E-state index contributed by atoms with van der Waals surface area (Å²) in [6.45, 7) is 0.265. The SMILES string of the molecule is C#CCn1c2ccc(O)cc2c2c3c(c(-c4ccccc4Cl)cc21)C(=O)NC3=O. The van der Waals surface area contributed by atoms with E-state index in [2.05, 4.69) is 11.2 Å². The first-order chi connectivity index (χ1) is 14.0. The van der Waals surface area contributed by atoms with Gasteiger partial charge < -0.3 is 9.67 Å². The van der Waals surface area contributed by atoms with Crippen LogP contribution in [0.15, 0.2) is 48.5 Å². The topological polar surface area (TPSA) is 71.3 Å². The van der Waals surface area contributed by atoms with Crippen LogP contribution in [0.4, 0.5) is 0 Å². The fourth-order valence-corrected chi connectivity index (χ4v) is 4.33. The number of aromatic nitrogens is 1. The smallest absolute Gasteiger partial charge is 0.259 e. The minimum atomic E-state index is -0.480. The van der Waals surface area contributed by atoms with Gasteiger partial charge >= 0.3 is 0 Å². The molecule has 0 radical (unpaired) electrons. The molecule has 2 N–H and O–H groups in total. The molecule has 1 aliphatic heterocycles. The minimum absolute atomic E-state index is 0.0610. The highest BCUT2D eigenvalue weighted by Crippen LogP contribution is 2.42. The number of hydrogen-bond donors (Lipinski definition) is 2. The van der Waals surface area contributed by atoms with Crippen molar-refractivity contribution < 1.29 is 14.7 Å². The normalized spacial score (nSPS) is 13.0. The molecular formula is C23H13ClN2O3. The molecule has 6 heteroatoms. The van der Waals surface area contributed by atoms with Crippen molar-refractivity contribution in [1.29, 1.82) is 0 Å². The van der Waals surface area contributed by atoms with Gasteiger partial charge in [-0.2, -0.15) is 0 Å². The molecule has 1 aliphatic rings. The number of halogens is 1. The Morgan fingerprint density at radius 2 is 1.76 bits per heavy atom. The summed E-state index contributed by atoms with van der Waals surface area (Å²) in [7, 11) is 0. The largest absolute Gasteiger partial charge is 0.508 e. The van der Waals surface area contributed by atoms with Crippen LogP contribution >= 0.6 is 11.6 Å². The van der Waals surface area contributed by atoms with Gasteiger partial charge in [0.15, 0.2) is 0 Å². The van der Waals surface area contributed by atoms with E-state index in [4.69, 9.17) is 18.0 Å². The highest BCUT2D eigenvalue weighted by Gasteiger charge is 2.34. The van der Waals surface area contributed by atoms with Gasteiger partial charge in [-0.25, -0.2) is 0 Å². The van der Waals surface area contributed by atoms with Crippen molar-refractivity contribution in [2.75, 3.05) is 0 Å². The number of carbonyl (C=O) groups is 2. The Kier molecular flexibility index (Phi) is 3.67. The monoisotopic (exact) mass is 400 g/mol. The molecule has 0 saturated heterocycles. The molecule has 29 heavy (non-hydrogen) atoms. The van der Waals surface area contributed by atoms with Crippen molar-refractivity contribution in [3.05, 3.63) is 64.7 Å². The molecule has 0 fully saturated rings. The Bertz CT molecular complexity index is 1430.